The van der Waals surface area contributed by atoms with Gasteiger partial charge in [-0.25, -0.2) is 9.97 Å². The predicted molar refractivity (Wildman–Crippen MR) is 136 cm³/mol. The minimum Gasteiger partial charge on any atom is -0.503 e. The lowest BCUT2D eigenvalue weighted by Crippen LogP contribution is -2.31. The maximum absolute atomic E-state index is 13.7. The minimum atomic E-state index is -0.873. The molecule has 1 amide bonds. The maximum Gasteiger partial charge on any atom is 0.296 e. The number of hydrogen-bond acceptors (Lipinski definition) is 7. The smallest absolute Gasteiger partial charge is 0.296 e. The van der Waals surface area contributed by atoms with Crippen molar-refractivity contribution in [3.05, 3.63) is 85.0 Å². The number of rotatable bonds is 4. The summed E-state index contributed by atoms with van der Waals surface area (Å²) in [6.45, 7) is 7.54. The van der Waals surface area contributed by atoms with Crippen LogP contribution in [0.2, 0.25) is 5.02 Å². The van der Waals surface area contributed by atoms with Gasteiger partial charge < -0.3 is 5.11 Å². The Morgan fingerprint density at radius 2 is 1.85 bits per heavy atom. The summed E-state index contributed by atoms with van der Waals surface area (Å²) in [5.41, 5.74) is 4.05. The van der Waals surface area contributed by atoms with Gasteiger partial charge >= 0.3 is 0 Å². The number of hydrogen-bond donors (Lipinski definition) is 1. The summed E-state index contributed by atoms with van der Waals surface area (Å²) in [7, 11) is 0. The predicted octanol–water partition coefficient (Wildman–Crippen LogP) is 6.42. The van der Waals surface area contributed by atoms with Crippen molar-refractivity contribution in [2.24, 2.45) is 0 Å². The fourth-order valence-electron chi connectivity index (χ4n) is 4.35. The van der Waals surface area contributed by atoms with Gasteiger partial charge in [-0.05, 0) is 62.6 Å². The van der Waals surface area contributed by atoms with Crippen LogP contribution in [0.1, 0.15) is 43.1 Å². The molecule has 1 atom stereocenters. The van der Waals surface area contributed by atoms with Gasteiger partial charge in [0.2, 0.25) is 5.78 Å². The summed E-state index contributed by atoms with van der Waals surface area (Å²) < 4.78 is 0.929. The summed E-state index contributed by atoms with van der Waals surface area (Å²) in [6.07, 6.45) is 0. The number of Topliss-reactive ketones (excluding diaryl/α,β-unsaturated/α-hetero) is 1. The van der Waals surface area contributed by atoms with E-state index in [2.05, 4.69) is 4.98 Å². The summed E-state index contributed by atoms with van der Waals surface area (Å²) in [5, 5.41) is 12.6. The molecule has 0 aliphatic carbocycles. The molecule has 0 spiro atoms. The third kappa shape index (κ3) is 3.62. The maximum atomic E-state index is 13.7. The molecule has 9 heteroatoms. The van der Waals surface area contributed by atoms with Crippen molar-refractivity contribution in [1.29, 1.82) is 0 Å². The van der Waals surface area contributed by atoms with Crippen molar-refractivity contribution in [3.8, 4) is 0 Å². The van der Waals surface area contributed by atoms with Crippen molar-refractivity contribution in [2.75, 3.05) is 4.90 Å². The molecule has 0 fully saturated rings. The second-order valence-electron chi connectivity index (χ2n) is 8.30. The molecule has 3 heterocycles. The zero-order valence-electron chi connectivity index (χ0n) is 18.8. The summed E-state index contributed by atoms with van der Waals surface area (Å²) in [5.74, 6) is -1.66. The minimum absolute atomic E-state index is 0.00572. The molecule has 172 valence electrons. The van der Waals surface area contributed by atoms with Gasteiger partial charge in [-0.3, -0.25) is 14.5 Å². The van der Waals surface area contributed by atoms with Gasteiger partial charge in [0.05, 0.1) is 37.4 Å². The van der Waals surface area contributed by atoms with Crippen LogP contribution in [0.4, 0.5) is 5.13 Å². The highest BCUT2D eigenvalue weighted by Gasteiger charge is 2.46. The number of thiazole rings is 2. The second-order valence-corrected chi connectivity index (χ2v) is 10.9. The molecule has 0 bridgehead atoms. The van der Waals surface area contributed by atoms with E-state index in [1.807, 2.05) is 32.9 Å². The second kappa shape index (κ2) is 8.30. The molecule has 0 radical (unpaired) electrons. The van der Waals surface area contributed by atoms with Crippen molar-refractivity contribution in [3.63, 3.8) is 0 Å². The fourth-order valence-corrected chi connectivity index (χ4v) is 6.59. The molecular formula is C25H20ClN3O3S2. The Bertz CT molecular complexity index is 1540. The topological polar surface area (TPSA) is 83.4 Å². The van der Waals surface area contributed by atoms with Crippen molar-refractivity contribution >= 4 is 61.3 Å². The summed E-state index contributed by atoms with van der Waals surface area (Å²) >= 11 is 8.87. The Balaban J connectivity index is 1.71. The highest BCUT2D eigenvalue weighted by Crippen LogP contribution is 2.45. The molecule has 0 saturated carbocycles. The highest BCUT2D eigenvalue weighted by molar-refractivity contribution is 7.22. The summed E-state index contributed by atoms with van der Waals surface area (Å²) in [4.78, 5) is 38.0. The van der Waals surface area contributed by atoms with E-state index in [9.17, 15) is 14.7 Å². The standard InChI is InChI=1S/C25H20ClN3O3S2/c1-11-8-12(2)19-17(9-11)34-25(28-19)29-20(15-6-5-7-16(26)10-15)18(22(31)24(29)32)21(30)23-13(3)27-14(4)33-23/h5-10,20,31H,1-4H3. The molecule has 1 aliphatic heterocycles. The Hall–Kier alpha value is -3.07. The molecule has 1 unspecified atom stereocenters. The molecule has 2 aromatic heterocycles. The number of carbonyl (C=O) groups excluding carboxylic acids is 2. The Labute approximate surface area is 209 Å². The van der Waals surface area contributed by atoms with Crippen LogP contribution in [0, 0.1) is 27.7 Å². The van der Waals surface area contributed by atoms with E-state index < -0.39 is 23.5 Å². The molecule has 1 aliphatic rings. The van der Waals surface area contributed by atoms with E-state index in [1.165, 1.54) is 27.6 Å². The molecule has 2 aromatic carbocycles. The lowest BCUT2D eigenvalue weighted by molar-refractivity contribution is -0.117. The fraction of sp³-hybridized carbons (Fsp3) is 0.200. The van der Waals surface area contributed by atoms with Crippen LogP contribution in [0.25, 0.3) is 10.2 Å². The SMILES string of the molecule is Cc1cc(C)c2nc(N3C(=O)C(O)=C(C(=O)c4sc(C)nc4C)C3c3cccc(Cl)c3)sc2c1. The zero-order valence-corrected chi connectivity index (χ0v) is 21.2. The third-order valence-electron chi connectivity index (χ3n) is 5.75. The molecular weight excluding hydrogens is 490 g/mol. The monoisotopic (exact) mass is 509 g/mol. The van der Waals surface area contributed by atoms with E-state index in [0.717, 1.165) is 26.4 Å². The number of aryl methyl sites for hydroxylation is 4. The Kier molecular flexibility index (Phi) is 5.55. The first-order valence-electron chi connectivity index (χ1n) is 10.5. The van der Waals surface area contributed by atoms with Gasteiger partial charge in [-0.1, -0.05) is 41.1 Å². The summed E-state index contributed by atoms with van der Waals surface area (Å²) in [6, 6.07) is 10.1. The number of nitrogens with zero attached hydrogens (tertiary/aromatic N) is 3. The number of fused-ring (bicyclic) bond motifs is 1. The molecule has 4 aromatic rings. The number of aromatic nitrogens is 2. The van der Waals surface area contributed by atoms with Gasteiger partial charge in [0.15, 0.2) is 10.9 Å². The molecule has 1 N–H and O–H groups in total. The van der Waals surface area contributed by atoms with Crippen LogP contribution in [-0.4, -0.2) is 26.8 Å². The van der Waals surface area contributed by atoms with E-state index in [1.54, 1.807) is 31.2 Å². The number of halogens is 1. The molecule has 6 nitrogen and oxygen atoms in total. The number of aliphatic hydroxyl groups is 1. The number of ketones is 1. The number of anilines is 1. The zero-order chi connectivity index (χ0) is 24.3. The van der Waals surface area contributed by atoms with Gasteiger partial charge in [0.25, 0.3) is 5.91 Å². The van der Waals surface area contributed by atoms with Crippen LogP contribution >= 0.6 is 34.3 Å². The van der Waals surface area contributed by atoms with E-state index in [0.29, 0.717) is 26.3 Å². The van der Waals surface area contributed by atoms with Crippen LogP contribution < -0.4 is 4.90 Å². The van der Waals surface area contributed by atoms with Crippen LogP contribution in [-0.2, 0) is 4.79 Å². The number of benzene rings is 2. The first-order valence-corrected chi connectivity index (χ1v) is 12.6. The molecule has 5 rings (SSSR count). The van der Waals surface area contributed by atoms with Gasteiger partial charge in [0, 0.05) is 5.02 Å². The largest absolute Gasteiger partial charge is 0.503 e. The van der Waals surface area contributed by atoms with Gasteiger partial charge in [-0.2, -0.15) is 0 Å². The molecule has 0 saturated heterocycles. The van der Waals surface area contributed by atoms with Crippen molar-refractivity contribution < 1.29 is 14.7 Å². The van der Waals surface area contributed by atoms with Crippen LogP contribution in [0.3, 0.4) is 0 Å². The third-order valence-corrected chi connectivity index (χ3v) is 8.06. The van der Waals surface area contributed by atoms with Gasteiger partial charge in [-0.15, -0.1) is 11.3 Å². The lowest BCUT2D eigenvalue weighted by Gasteiger charge is -2.24. The first-order chi connectivity index (χ1) is 16.2. The number of aliphatic hydroxyl groups excluding tert-OH is 1. The lowest BCUT2D eigenvalue weighted by atomic mass is 9.95. The van der Waals surface area contributed by atoms with E-state index >= 15 is 0 Å². The van der Waals surface area contributed by atoms with E-state index in [-0.39, 0.29) is 5.57 Å². The molecule has 34 heavy (non-hydrogen) atoms. The van der Waals surface area contributed by atoms with Gasteiger partial charge in [0.1, 0.15) is 0 Å². The number of carbonyl (C=O) groups is 2. The van der Waals surface area contributed by atoms with E-state index in [4.69, 9.17) is 16.6 Å². The van der Waals surface area contributed by atoms with Crippen LogP contribution in [0.15, 0.2) is 47.7 Å². The average molecular weight is 510 g/mol. The van der Waals surface area contributed by atoms with Crippen molar-refractivity contribution in [1.82, 2.24) is 9.97 Å². The van der Waals surface area contributed by atoms with Crippen LogP contribution in [0.5, 0.6) is 0 Å². The van der Waals surface area contributed by atoms with Crippen molar-refractivity contribution in [2.45, 2.75) is 33.7 Å². The average Bonchev–Trinajstić information content (AvgIpc) is 3.41. The first kappa shape index (κ1) is 22.7. The Morgan fingerprint density at radius 1 is 1.09 bits per heavy atom. The number of amides is 1. The normalized spacial score (nSPS) is 16.2. The Morgan fingerprint density at radius 3 is 2.53 bits per heavy atom. The highest BCUT2D eigenvalue weighted by atomic mass is 35.5. The quantitative estimate of drug-likeness (QED) is 0.321.